The van der Waals surface area contributed by atoms with E-state index in [-0.39, 0.29) is 11.8 Å². The first kappa shape index (κ1) is 20.6. The summed E-state index contributed by atoms with van der Waals surface area (Å²) in [6.45, 7) is 4.00. The molecule has 0 amide bonds. The Bertz CT molecular complexity index is 739. The molecule has 2 aromatic rings. The molecule has 1 unspecified atom stereocenters. The van der Waals surface area contributed by atoms with Gasteiger partial charge < -0.3 is 10.1 Å². The van der Waals surface area contributed by atoms with Crippen LogP contribution in [-0.4, -0.2) is 12.5 Å². The summed E-state index contributed by atoms with van der Waals surface area (Å²) in [5, 5.41) is 3.35. The SMILES string of the molecule is CC.FC(F)C(F)(F)Oc1cccc(C2CCc3c(Br)cccc3N2)c1. The molecule has 1 aliphatic rings. The van der Waals surface area contributed by atoms with E-state index < -0.39 is 12.5 Å². The lowest BCUT2D eigenvalue weighted by molar-refractivity contribution is -0.253. The number of rotatable bonds is 4. The zero-order chi connectivity index (χ0) is 19.3. The van der Waals surface area contributed by atoms with Gasteiger partial charge in [0.15, 0.2) is 0 Å². The first-order valence-corrected chi connectivity index (χ1v) is 9.15. The zero-order valence-electron chi connectivity index (χ0n) is 14.4. The third kappa shape index (κ3) is 4.69. The van der Waals surface area contributed by atoms with Crippen LogP contribution in [-0.2, 0) is 6.42 Å². The summed E-state index contributed by atoms with van der Waals surface area (Å²) in [6, 6.07) is 11.6. The van der Waals surface area contributed by atoms with Gasteiger partial charge in [-0.15, -0.1) is 0 Å². The quantitative estimate of drug-likeness (QED) is 0.534. The third-order valence-corrected chi connectivity index (χ3v) is 4.64. The van der Waals surface area contributed by atoms with Crippen molar-refractivity contribution in [1.29, 1.82) is 0 Å². The van der Waals surface area contributed by atoms with Gasteiger partial charge in [-0.25, -0.2) is 0 Å². The van der Waals surface area contributed by atoms with E-state index in [0.717, 1.165) is 28.6 Å². The van der Waals surface area contributed by atoms with Crippen molar-refractivity contribution in [1.82, 2.24) is 0 Å². The summed E-state index contributed by atoms with van der Waals surface area (Å²) < 4.78 is 55.8. The highest BCUT2D eigenvalue weighted by Gasteiger charge is 2.44. The lowest BCUT2D eigenvalue weighted by atomic mass is 9.93. The van der Waals surface area contributed by atoms with E-state index in [4.69, 9.17) is 0 Å². The fraction of sp³-hybridized carbons (Fsp3) is 0.368. The van der Waals surface area contributed by atoms with Crippen molar-refractivity contribution in [2.24, 2.45) is 0 Å². The minimum atomic E-state index is -4.50. The Balaban J connectivity index is 0.00000117. The van der Waals surface area contributed by atoms with Gasteiger partial charge in [-0.1, -0.05) is 48.0 Å². The highest BCUT2D eigenvalue weighted by molar-refractivity contribution is 9.10. The predicted molar refractivity (Wildman–Crippen MR) is 98.2 cm³/mol. The maximum atomic E-state index is 13.1. The van der Waals surface area contributed by atoms with Gasteiger partial charge in [0, 0.05) is 10.2 Å². The molecule has 1 heterocycles. The molecular formula is C19H20BrF4NO. The Kier molecular flexibility index (Phi) is 6.92. The fourth-order valence-electron chi connectivity index (χ4n) is 2.74. The van der Waals surface area contributed by atoms with E-state index >= 15 is 0 Å². The summed E-state index contributed by atoms with van der Waals surface area (Å²) in [7, 11) is 0. The van der Waals surface area contributed by atoms with Gasteiger partial charge in [0.25, 0.3) is 0 Å². The minimum Gasteiger partial charge on any atom is -0.428 e. The lowest BCUT2D eigenvalue weighted by Crippen LogP contribution is -2.33. The number of hydrogen-bond acceptors (Lipinski definition) is 2. The number of hydrogen-bond donors (Lipinski definition) is 1. The molecule has 2 aromatic carbocycles. The molecule has 2 nitrogen and oxygen atoms in total. The molecule has 7 heteroatoms. The van der Waals surface area contributed by atoms with Crippen molar-refractivity contribution in [3.05, 3.63) is 58.1 Å². The largest absolute Gasteiger partial charge is 0.461 e. The van der Waals surface area contributed by atoms with Gasteiger partial charge in [0.1, 0.15) is 5.75 Å². The molecule has 142 valence electrons. The Hall–Kier alpha value is -1.76. The van der Waals surface area contributed by atoms with Crippen molar-refractivity contribution in [2.45, 2.75) is 45.3 Å². The molecule has 0 spiro atoms. The number of fused-ring (bicyclic) bond motifs is 1. The van der Waals surface area contributed by atoms with Crippen LogP contribution in [0.1, 0.15) is 37.4 Å². The summed E-state index contributed by atoms with van der Waals surface area (Å²) >= 11 is 3.50. The van der Waals surface area contributed by atoms with Gasteiger partial charge in [-0.3, -0.25) is 0 Å². The van der Waals surface area contributed by atoms with Crippen LogP contribution in [0.3, 0.4) is 0 Å². The third-order valence-electron chi connectivity index (χ3n) is 3.90. The van der Waals surface area contributed by atoms with Crippen LogP contribution in [0.5, 0.6) is 5.75 Å². The maximum absolute atomic E-state index is 13.1. The molecule has 1 N–H and O–H groups in total. The molecule has 1 atom stereocenters. The second-order valence-corrected chi connectivity index (χ2v) is 6.39. The summed E-state index contributed by atoms with van der Waals surface area (Å²) in [5.41, 5.74) is 2.83. The molecule has 26 heavy (non-hydrogen) atoms. The first-order chi connectivity index (χ1) is 12.4. The molecule has 1 aliphatic heterocycles. The van der Waals surface area contributed by atoms with E-state index in [1.165, 1.54) is 18.2 Å². The van der Waals surface area contributed by atoms with Gasteiger partial charge >= 0.3 is 12.5 Å². The van der Waals surface area contributed by atoms with Crippen LogP contribution < -0.4 is 10.1 Å². The smallest absolute Gasteiger partial charge is 0.428 e. The van der Waals surface area contributed by atoms with Crippen LogP contribution in [0, 0.1) is 0 Å². The van der Waals surface area contributed by atoms with E-state index in [9.17, 15) is 17.6 Å². The van der Waals surface area contributed by atoms with Crippen molar-refractivity contribution < 1.29 is 22.3 Å². The van der Waals surface area contributed by atoms with E-state index in [1.807, 2.05) is 32.0 Å². The topological polar surface area (TPSA) is 21.3 Å². The average Bonchev–Trinajstić information content (AvgIpc) is 2.63. The fourth-order valence-corrected chi connectivity index (χ4v) is 3.31. The molecule has 0 bridgehead atoms. The van der Waals surface area contributed by atoms with Gasteiger partial charge in [0.05, 0.1) is 6.04 Å². The number of alkyl halides is 4. The number of ether oxygens (including phenoxy) is 1. The normalized spacial score (nSPS) is 16.2. The zero-order valence-corrected chi connectivity index (χ0v) is 16.0. The summed E-state index contributed by atoms with van der Waals surface area (Å²) in [6.07, 6.45) is -6.81. The molecular weight excluding hydrogens is 414 g/mol. The van der Waals surface area contributed by atoms with Crippen molar-refractivity contribution in [3.8, 4) is 5.75 Å². The second-order valence-electron chi connectivity index (χ2n) is 5.54. The van der Waals surface area contributed by atoms with E-state index in [2.05, 4.69) is 26.0 Å². The Labute approximate surface area is 158 Å². The van der Waals surface area contributed by atoms with Crippen molar-refractivity contribution in [3.63, 3.8) is 0 Å². The highest BCUT2D eigenvalue weighted by atomic mass is 79.9. The van der Waals surface area contributed by atoms with Crippen LogP contribution in [0.4, 0.5) is 23.2 Å². The molecule has 0 aromatic heterocycles. The lowest BCUT2D eigenvalue weighted by Gasteiger charge is -2.28. The summed E-state index contributed by atoms with van der Waals surface area (Å²) in [5.74, 6) is -0.278. The molecule has 0 saturated carbocycles. The molecule has 0 saturated heterocycles. The average molecular weight is 434 g/mol. The van der Waals surface area contributed by atoms with Crippen LogP contribution in [0.15, 0.2) is 46.9 Å². The Morgan fingerprint density at radius 2 is 1.85 bits per heavy atom. The maximum Gasteiger partial charge on any atom is 0.461 e. The highest BCUT2D eigenvalue weighted by Crippen LogP contribution is 2.37. The number of halogens is 5. The number of nitrogens with one attached hydrogen (secondary N) is 1. The molecule has 0 fully saturated rings. The first-order valence-electron chi connectivity index (χ1n) is 8.35. The standard InChI is InChI=1S/C17H14BrF4NO.C2H6/c18-13-5-2-6-15-12(13)7-8-14(23-15)10-3-1-4-11(9-10)24-17(21,22)16(19)20;1-2/h1-6,9,14,16,23H,7-8H2;1-2H3. The Morgan fingerprint density at radius 3 is 2.54 bits per heavy atom. The number of anilines is 1. The van der Waals surface area contributed by atoms with Gasteiger partial charge in [0.2, 0.25) is 0 Å². The predicted octanol–water partition coefficient (Wildman–Crippen LogP) is 6.81. The molecule has 3 rings (SSSR count). The van der Waals surface area contributed by atoms with Gasteiger partial charge in [-0.05, 0) is 48.2 Å². The van der Waals surface area contributed by atoms with Crippen LogP contribution in [0.25, 0.3) is 0 Å². The van der Waals surface area contributed by atoms with E-state index in [1.54, 1.807) is 6.07 Å². The van der Waals surface area contributed by atoms with Crippen molar-refractivity contribution in [2.75, 3.05) is 5.32 Å². The Morgan fingerprint density at radius 1 is 1.15 bits per heavy atom. The second kappa shape index (κ2) is 8.75. The van der Waals surface area contributed by atoms with Gasteiger partial charge in [-0.2, -0.15) is 17.6 Å². The molecule has 0 radical (unpaired) electrons. The minimum absolute atomic E-state index is 0.101. The van der Waals surface area contributed by atoms with Crippen LogP contribution in [0.2, 0.25) is 0 Å². The molecule has 0 aliphatic carbocycles. The van der Waals surface area contributed by atoms with Crippen molar-refractivity contribution >= 4 is 21.6 Å². The summed E-state index contributed by atoms with van der Waals surface area (Å²) in [4.78, 5) is 0. The number of benzene rings is 2. The van der Waals surface area contributed by atoms with E-state index in [0.29, 0.717) is 5.56 Å². The van der Waals surface area contributed by atoms with Crippen LogP contribution >= 0.6 is 15.9 Å². The monoisotopic (exact) mass is 433 g/mol.